The molecule has 28 heavy (non-hydrogen) atoms. The number of amides is 1. The van der Waals surface area contributed by atoms with Crippen LogP contribution in [0.1, 0.15) is 29.0 Å². The Morgan fingerprint density at radius 1 is 1.46 bits per heavy atom. The van der Waals surface area contributed by atoms with Gasteiger partial charge < -0.3 is 14.6 Å². The fraction of sp³-hybridized carbons (Fsp3) is 0.263. The van der Waals surface area contributed by atoms with E-state index in [-0.39, 0.29) is 5.91 Å². The van der Waals surface area contributed by atoms with Gasteiger partial charge in [-0.05, 0) is 49.8 Å². The van der Waals surface area contributed by atoms with Crippen molar-refractivity contribution in [3.63, 3.8) is 0 Å². The molecule has 0 radical (unpaired) electrons. The molecule has 146 valence electrons. The number of nitrogens with zero attached hydrogens (tertiary/aromatic N) is 3. The number of carbonyl (C=O) groups excluding carboxylic acids is 1. The predicted octanol–water partition coefficient (Wildman–Crippen LogP) is 3.63. The lowest BCUT2D eigenvalue weighted by Crippen LogP contribution is -2.22. The minimum absolute atomic E-state index is 0.208. The standard InChI is InChI=1S/C19H21N5O2S2/c1-3-24-17(22-23-19(24)27)10-20-18(25)8-7-14-5-4-6-16(9-14)26-11-15-12-28-13(2)21-15/h4-9,12H,3,10-11H2,1-2H3,(H,20,25)(H,23,27). The van der Waals surface area contributed by atoms with Crippen molar-refractivity contribution in [2.45, 2.75) is 33.5 Å². The minimum Gasteiger partial charge on any atom is -0.487 e. The van der Waals surface area contributed by atoms with Gasteiger partial charge in [0.25, 0.3) is 0 Å². The Labute approximate surface area is 172 Å². The maximum atomic E-state index is 12.1. The second kappa shape index (κ2) is 9.43. The molecular formula is C19H21N5O2S2. The molecule has 0 spiro atoms. The fourth-order valence-electron chi connectivity index (χ4n) is 2.55. The van der Waals surface area contributed by atoms with Crippen LogP contribution in [0.5, 0.6) is 5.75 Å². The van der Waals surface area contributed by atoms with Gasteiger partial charge in [0.15, 0.2) is 10.6 Å². The molecule has 3 aromatic rings. The number of aromatic amines is 1. The van der Waals surface area contributed by atoms with E-state index in [0.29, 0.717) is 30.3 Å². The zero-order valence-electron chi connectivity index (χ0n) is 15.6. The minimum atomic E-state index is -0.208. The van der Waals surface area contributed by atoms with Gasteiger partial charge in [0, 0.05) is 18.0 Å². The highest BCUT2D eigenvalue weighted by Crippen LogP contribution is 2.17. The Balaban J connectivity index is 1.54. The third-order valence-electron chi connectivity index (χ3n) is 3.91. The first-order valence-electron chi connectivity index (χ1n) is 8.79. The summed E-state index contributed by atoms with van der Waals surface area (Å²) in [5.74, 6) is 1.22. The second-order valence-electron chi connectivity index (χ2n) is 5.96. The first-order chi connectivity index (χ1) is 13.5. The van der Waals surface area contributed by atoms with E-state index in [9.17, 15) is 4.79 Å². The fourth-order valence-corrected chi connectivity index (χ4v) is 3.43. The maximum Gasteiger partial charge on any atom is 0.244 e. The van der Waals surface area contributed by atoms with E-state index in [1.165, 1.54) is 6.08 Å². The van der Waals surface area contributed by atoms with Gasteiger partial charge in [0.2, 0.25) is 5.91 Å². The van der Waals surface area contributed by atoms with Crippen LogP contribution in [-0.4, -0.2) is 25.7 Å². The van der Waals surface area contributed by atoms with Crippen molar-refractivity contribution in [3.05, 3.63) is 62.6 Å². The summed E-state index contributed by atoms with van der Waals surface area (Å²) in [6, 6.07) is 7.55. The largest absolute Gasteiger partial charge is 0.487 e. The molecule has 3 rings (SSSR count). The molecule has 2 N–H and O–H groups in total. The highest BCUT2D eigenvalue weighted by molar-refractivity contribution is 7.71. The molecule has 0 aliphatic rings. The summed E-state index contributed by atoms with van der Waals surface area (Å²) in [5, 5.41) is 12.7. The molecule has 0 saturated carbocycles. The smallest absolute Gasteiger partial charge is 0.244 e. The summed E-state index contributed by atoms with van der Waals surface area (Å²) < 4.78 is 8.16. The summed E-state index contributed by atoms with van der Waals surface area (Å²) in [5.41, 5.74) is 1.78. The quantitative estimate of drug-likeness (QED) is 0.433. The van der Waals surface area contributed by atoms with Gasteiger partial charge in [-0.3, -0.25) is 9.89 Å². The highest BCUT2D eigenvalue weighted by atomic mass is 32.1. The van der Waals surface area contributed by atoms with Crippen molar-refractivity contribution in [1.82, 2.24) is 25.1 Å². The number of nitrogens with one attached hydrogen (secondary N) is 2. The molecule has 0 aliphatic carbocycles. The number of carbonyl (C=O) groups is 1. The van der Waals surface area contributed by atoms with Gasteiger partial charge in [-0.1, -0.05) is 12.1 Å². The molecule has 2 heterocycles. The summed E-state index contributed by atoms with van der Waals surface area (Å²) in [7, 11) is 0. The molecule has 0 fully saturated rings. The lowest BCUT2D eigenvalue weighted by atomic mass is 10.2. The molecule has 1 aromatic carbocycles. The van der Waals surface area contributed by atoms with Crippen LogP contribution < -0.4 is 10.1 Å². The number of ether oxygens (including phenoxy) is 1. The van der Waals surface area contributed by atoms with Crippen molar-refractivity contribution in [2.24, 2.45) is 0 Å². The van der Waals surface area contributed by atoms with Crippen LogP contribution in [0, 0.1) is 11.7 Å². The lowest BCUT2D eigenvalue weighted by Gasteiger charge is -2.05. The van der Waals surface area contributed by atoms with Crippen LogP contribution in [0.25, 0.3) is 6.08 Å². The number of aromatic nitrogens is 4. The number of benzene rings is 1. The summed E-state index contributed by atoms with van der Waals surface area (Å²) in [6.45, 7) is 5.36. The molecule has 9 heteroatoms. The van der Waals surface area contributed by atoms with E-state index in [2.05, 4.69) is 20.5 Å². The summed E-state index contributed by atoms with van der Waals surface area (Å²) >= 11 is 6.74. The van der Waals surface area contributed by atoms with Crippen molar-refractivity contribution >= 4 is 35.5 Å². The molecule has 0 aliphatic heterocycles. The van der Waals surface area contributed by atoms with Crippen LogP contribution in [0.15, 0.2) is 35.7 Å². The van der Waals surface area contributed by atoms with E-state index in [4.69, 9.17) is 17.0 Å². The van der Waals surface area contributed by atoms with Gasteiger partial charge in [-0.25, -0.2) is 4.98 Å². The molecule has 0 saturated heterocycles. The van der Waals surface area contributed by atoms with Crippen molar-refractivity contribution in [3.8, 4) is 5.75 Å². The van der Waals surface area contributed by atoms with Crippen LogP contribution in [0.2, 0.25) is 0 Å². The van der Waals surface area contributed by atoms with Crippen molar-refractivity contribution in [2.75, 3.05) is 0 Å². The number of H-pyrrole nitrogens is 1. The van der Waals surface area contributed by atoms with Gasteiger partial charge in [0.1, 0.15) is 12.4 Å². The molecule has 2 aromatic heterocycles. The van der Waals surface area contributed by atoms with E-state index in [1.807, 2.05) is 48.1 Å². The van der Waals surface area contributed by atoms with Gasteiger partial charge in [-0.2, -0.15) is 5.10 Å². The first kappa shape index (κ1) is 20.0. The van der Waals surface area contributed by atoms with E-state index < -0.39 is 0 Å². The maximum absolute atomic E-state index is 12.1. The first-order valence-corrected chi connectivity index (χ1v) is 10.1. The Morgan fingerprint density at radius 3 is 3.07 bits per heavy atom. The van der Waals surface area contributed by atoms with Crippen molar-refractivity contribution < 1.29 is 9.53 Å². The topological polar surface area (TPSA) is 84.8 Å². The average Bonchev–Trinajstić information content (AvgIpc) is 3.28. The van der Waals surface area contributed by atoms with E-state index >= 15 is 0 Å². The highest BCUT2D eigenvalue weighted by Gasteiger charge is 2.05. The SMILES string of the molecule is CCn1c(CNC(=O)C=Cc2cccc(OCc3csc(C)n3)c2)n[nH]c1=S. The summed E-state index contributed by atoms with van der Waals surface area (Å²) in [6.07, 6.45) is 3.23. The number of hydrogen-bond donors (Lipinski definition) is 2. The third kappa shape index (κ3) is 5.37. The third-order valence-corrected chi connectivity index (χ3v) is 5.05. The summed E-state index contributed by atoms with van der Waals surface area (Å²) in [4.78, 5) is 16.5. The number of hydrogen-bond acceptors (Lipinski definition) is 6. The zero-order chi connectivity index (χ0) is 19.9. The van der Waals surface area contributed by atoms with Gasteiger partial charge in [-0.15, -0.1) is 11.3 Å². The molecular weight excluding hydrogens is 394 g/mol. The lowest BCUT2D eigenvalue weighted by molar-refractivity contribution is -0.116. The number of aryl methyl sites for hydroxylation is 1. The number of thiazole rings is 1. The van der Waals surface area contributed by atoms with Crippen LogP contribution >= 0.6 is 23.6 Å². The van der Waals surface area contributed by atoms with Crippen LogP contribution in [0.3, 0.4) is 0 Å². The molecule has 7 nitrogen and oxygen atoms in total. The van der Waals surface area contributed by atoms with E-state index in [0.717, 1.165) is 22.0 Å². The Morgan fingerprint density at radius 2 is 2.32 bits per heavy atom. The van der Waals surface area contributed by atoms with Crippen LogP contribution in [0.4, 0.5) is 0 Å². The monoisotopic (exact) mass is 415 g/mol. The average molecular weight is 416 g/mol. The van der Waals surface area contributed by atoms with Gasteiger partial charge in [0.05, 0.1) is 17.2 Å². The number of rotatable bonds is 8. The molecule has 0 atom stereocenters. The zero-order valence-corrected chi connectivity index (χ0v) is 17.3. The Kier molecular flexibility index (Phi) is 6.72. The van der Waals surface area contributed by atoms with Gasteiger partial charge >= 0.3 is 0 Å². The van der Waals surface area contributed by atoms with E-state index in [1.54, 1.807) is 17.4 Å². The predicted molar refractivity (Wildman–Crippen MR) is 112 cm³/mol. The Bertz CT molecular complexity index is 1030. The molecule has 0 unspecified atom stereocenters. The Hall–Kier alpha value is -2.78. The van der Waals surface area contributed by atoms with Crippen LogP contribution in [-0.2, 0) is 24.5 Å². The van der Waals surface area contributed by atoms with Crippen molar-refractivity contribution in [1.29, 1.82) is 0 Å². The normalized spacial score (nSPS) is 11.1. The molecule has 1 amide bonds. The molecule has 0 bridgehead atoms. The second-order valence-corrected chi connectivity index (χ2v) is 7.41.